The zero-order valence-electron chi connectivity index (χ0n) is 16.7. The SMILES string of the molecule is CCCOc1ccccc1-c1cc(C(=O)NN=Cc2ccc(C(=O)OC)cc2)[nH]n1. The molecule has 8 nitrogen and oxygen atoms in total. The summed E-state index contributed by atoms with van der Waals surface area (Å²) in [5.74, 6) is -0.127. The number of nitrogens with one attached hydrogen (secondary N) is 2. The maximum atomic E-state index is 12.3. The van der Waals surface area contributed by atoms with Gasteiger partial charge in [-0.1, -0.05) is 31.2 Å². The molecule has 8 heteroatoms. The maximum absolute atomic E-state index is 12.3. The van der Waals surface area contributed by atoms with Gasteiger partial charge in [-0.3, -0.25) is 9.89 Å². The third kappa shape index (κ3) is 5.11. The second-order valence-corrected chi connectivity index (χ2v) is 6.32. The van der Waals surface area contributed by atoms with Gasteiger partial charge in [0.25, 0.3) is 5.91 Å². The second-order valence-electron chi connectivity index (χ2n) is 6.32. The predicted molar refractivity (Wildman–Crippen MR) is 113 cm³/mol. The molecule has 0 bridgehead atoms. The number of aromatic amines is 1. The molecule has 2 N–H and O–H groups in total. The minimum Gasteiger partial charge on any atom is -0.493 e. The van der Waals surface area contributed by atoms with Crippen LogP contribution in [0.4, 0.5) is 0 Å². The highest BCUT2D eigenvalue weighted by Crippen LogP contribution is 2.28. The number of para-hydroxylation sites is 1. The van der Waals surface area contributed by atoms with Crippen LogP contribution in [0.2, 0.25) is 0 Å². The van der Waals surface area contributed by atoms with Crippen molar-refractivity contribution in [2.75, 3.05) is 13.7 Å². The van der Waals surface area contributed by atoms with E-state index in [-0.39, 0.29) is 5.69 Å². The first-order valence-electron chi connectivity index (χ1n) is 9.41. The van der Waals surface area contributed by atoms with Gasteiger partial charge in [-0.05, 0) is 42.3 Å². The van der Waals surface area contributed by atoms with Gasteiger partial charge in [-0.15, -0.1) is 0 Å². The van der Waals surface area contributed by atoms with E-state index in [1.165, 1.54) is 13.3 Å². The van der Waals surface area contributed by atoms with Crippen molar-refractivity contribution >= 4 is 18.1 Å². The molecule has 0 atom stereocenters. The van der Waals surface area contributed by atoms with Crippen LogP contribution in [0.3, 0.4) is 0 Å². The van der Waals surface area contributed by atoms with Gasteiger partial charge in [0.05, 0.1) is 31.2 Å². The van der Waals surface area contributed by atoms with Crippen molar-refractivity contribution in [1.82, 2.24) is 15.6 Å². The van der Waals surface area contributed by atoms with Crippen molar-refractivity contribution in [3.63, 3.8) is 0 Å². The Morgan fingerprint density at radius 1 is 1.17 bits per heavy atom. The minimum atomic E-state index is -0.428. The van der Waals surface area contributed by atoms with Crippen LogP contribution in [-0.2, 0) is 4.74 Å². The number of nitrogens with zero attached hydrogens (tertiary/aromatic N) is 2. The Morgan fingerprint density at radius 2 is 1.93 bits per heavy atom. The van der Waals surface area contributed by atoms with Crippen molar-refractivity contribution in [3.8, 4) is 17.0 Å². The molecule has 154 valence electrons. The Labute approximate surface area is 173 Å². The predicted octanol–water partition coefficient (Wildman–Crippen LogP) is 3.42. The minimum absolute atomic E-state index is 0.272. The monoisotopic (exact) mass is 406 g/mol. The number of rotatable bonds is 8. The molecule has 1 aromatic heterocycles. The van der Waals surface area contributed by atoms with Crippen molar-refractivity contribution in [2.24, 2.45) is 5.10 Å². The third-order valence-corrected chi connectivity index (χ3v) is 4.16. The zero-order valence-corrected chi connectivity index (χ0v) is 16.7. The van der Waals surface area contributed by atoms with Gasteiger partial charge < -0.3 is 9.47 Å². The fourth-order valence-electron chi connectivity index (χ4n) is 2.64. The number of esters is 1. The van der Waals surface area contributed by atoms with Crippen LogP contribution in [0.25, 0.3) is 11.3 Å². The molecular weight excluding hydrogens is 384 g/mol. The largest absolute Gasteiger partial charge is 0.493 e. The summed E-state index contributed by atoms with van der Waals surface area (Å²) in [5.41, 5.74) is 5.28. The summed E-state index contributed by atoms with van der Waals surface area (Å²) in [7, 11) is 1.32. The normalized spacial score (nSPS) is 10.7. The van der Waals surface area contributed by atoms with E-state index in [1.54, 1.807) is 30.3 Å². The van der Waals surface area contributed by atoms with Gasteiger partial charge in [-0.2, -0.15) is 10.2 Å². The summed E-state index contributed by atoms with van der Waals surface area (Å²) in [6.07, 6.45) is 2.37. The van der Waals surface area contributed by atoms with Gasteiger partial charge in [0, 0.05) is 5.56 Å². The number of carbonyl (C=O) groups excluding carboxylic acids is 2. The molecule has 2 aromatic carbocycles. The first-order chi connectivity index (χ1) is 14.6. The Bertz CT molecular complexity index is 1040. The molecule has 0 aliphatic heterocycles. The molecule has 3 aromatic rings. The molecule has 0 fully saturated rings. The number of hydrogen-bond donors (Lipinski definition) is 2. The number of ether oxygens (including phenoxy) is 2. The lowest BCUT2D eigenvalue weighted by atomic mass is 10.1. The summed E-state index contributed by atoms with van der Waals surface area (Å²) in [6.45, 7) is 2.64. The van der Waals surface area contributed by atoms with Crippen LogP contribution in [-0.4, -0.2) is 42.0 Å². The van der Waals surface area contributed by atoms with Crippen LogP contribution in [0.5, 0.6) is 5.75 Å². The molecule has 1 amide bonds. The van der Waals surface area contributed by atoms with E-state index in [4.69, 9.17) is 4.74 Å². The Kier molecular flexibility index (Phi) is 6.94. The lowest BCUT2D eigenvalue weighted by Crippen LogP contribution is -2.18. The van der Waals surface area contributed by atoms with E-state index in [1.807, 2.05) is 31.2 Å². The molecular formula is C22H22N4O4. The Hall–Kier alpha value is -3.94. The van der Waals surface area contributed by atoms with Gasteiger partial charge in [-0.25, -0.2) is 10.2 Å². The number of carbonyl (C=O) groups is 2. The van der Waals surface area contributed by atoms with E-state index < -0.39 is 11.9 Å². The third-order valence-electron chi connectivity index (χ3n) is 4.16. The number of aromatic nitrogens is 2. The molecule has 0 saturated heterocycles. The smallest absolute Gasteiger partial charge is 0.337 e. The van der Waals surface area contributed by atoms with E-state index in [9.17, 15) is 9.59 Å². The average molecular weight is 406 g/mol. The standard InChI is InChI=1S/C22H22N4O4/c1-3-12-30-20-7-5-4-6-17(20)18-13-19(25-24-18)21(27)26-23-14-15-8-10-16(11-9-15)22(28)29-2/h4-11,13-14H,3,12H2,1-2H3,(H,24,25)(H,26,27). The van der Waals surface area contributed by atoms with E-state index >= 15 is 0 Å². The van der Waals surface area contributed by atoms with Crippen LogP contribution >= 0.6 is 0 Å². The number of amides is 1. The molecule has 3 rings (SSSR count). The van der Waals surface area contributed by atoms with Crippen molar-refractivity contribution in [2.45, 2.75) is 13.3 Å². The molecule has 0 saturated carbocycles. The average Bonchev–Trinajstić information content (AvgIpc) is 3.28. The number of H-pyrrole nitrogens is 1. The fourth-order valence-corrected chi connectivity index (χ4v) is 2.64. The van der Waals surface area contributed by atoms with Gasteiger partial charge >= 0.3 is 5.97 Å². The topological polar surface area (TPSA) is 106 Å². The van der Waals surface area contributed by atoms with Crippen LogP contribution in [0.15, 0.2) is 59.7 Å². The summed E-state index contributed by atoms with van der Waals surface area (Å²) in [6, 6.07) is 15.8. The van der Waals surface area contributed by atoms with Crippen molar-refractivity contribution in [3.05, 3.63) is 71.4 Å². The number of hydrogen-bond acceptors (Lipinski definition) is 6. The summed E-state index contributed by atoms with van der Waals surface area (Å²) >= 11 is 0. The quantitative estimate of drug-likeness (QED) is 0.339. The summed E-state index contributed by atoms with van der Waals surface area (Å²) in [4.78, 5) is 23.8. The lowest BCUT2D eigenvalue weighted by Gasteiger charge is -2.08. The van der Waals surface area contributed by atoms with Crippen molar-refractivity contribution < 1.29 is 19.1 Å². The Morgan fingerprint density at radius 3 is 2.67 bits per heavy atom. The number of benzene rings is 2. The molecule has 0 unspecified atom stereocenters. The first kappa shape index (κ1) is 20.8. The lowest BCUT2D eigenvalue weighted by molar-refractivity contribution is 0.0600. The van der Waals surface area contributed by atoms with Gasteiger partial charge in [0.1, 0.15) is 11.4 Å². The highest BCUT2D eigenvalue weighted by Gasteiger charge is 2.13. The highest BCUT2D eigenvalue weighted by molar-refractivity contribution is 5.94. The molecule has 0 aliphatic rings. The zero-order chi connectivity index (χ0) is 21.3. The molecule has 1 heterocycles. The Balaban J connectivity index is 1.64. The number of hydrazone groups is 1. The van der Waals surface area contributed by atoms with E-state index in [2.05, 4.69) is 25.5 Å². The molecule has 0 radical (unpaired) electrons. The summed E-state index contributed by atoms with van der Waals surface area (Å²) in [5, 5.41) is 10.9. The maximum Gasteiger partial charge on any atom is 0.337 e. The van der Waals surface area contributed by atoms with Gasteiger partial charge in [0.15, 0.2) is 0 Å². The summed E-state index contributed by atoms with van der Waals surface area (Å²) < 4.78 is 10.4. The molecule has 0 aliphatic carbocycles. The first-order valence-corrected chi connectivity index (χ1v) is 9.41. The van der Waals surface area contributed by atoms with E-state index in [0.717, 1.165) is 17.5 Å². The molecule has 30 heavy (non-hydrogen) atoms. The molecule has 0 spiro atoms. The van der Waals surface area contributed by atoms with E-state index in [0.29, 0.717) is 23.6 Å². The fraction of sp³-hybridized carbons (Fsp3) is 0.182. The van der Waals surface area contributed by atoms with Crippen molar-refractivity contribution in [1.29, 1.82) is 0 Å². The second kappa shape index (κ2) is 10.0. The highest BCUT2D eigenvalue weighted by atomic mass is 16.5. The van der Waals surface area contributed by atoms with Gasteiger partial charge in [0.2, 0.25) is 0 Å². The van der Waals surface area contributed by atoms with Crippen LogP contribution < -0.4 is 10.2 Å². The van der Waals surface area contributed by atoms with Crippen LogP contribution in [0.1, 0.15) is 39.8 Å². The number of methoxy groups -OCH3 is 1. The van der Waals surface area contributed by atoms with Crippen LogP contribution in [0, 0.1) is 0 Å².